The molecule has 1 aromatic heterocycles. The predicted octanol–water partition coefficient (Wildman–Crippen LogP) is 1.87. The molecule has 1 amide bonds. The highest BCUT2D eigenvalue weighted by Crippen LogP contribution is 2.24. The number of aliphatic hydroxyl groups excluding tert-OH is 1. The SMILES string of the molecule is Cc1sc(C(=O)N(C)CCCCCO)cc1N. The molecule has 0 fully saturated rings. The van der Waals surface area contributed by atoms with E-state index in [1.54, 1.807) is 18.0 Å². The highest BCUT2D eigenvalue weighted by atomic mass is 32.1. The van der Waals surface area contributed by atoms with Gasteiger partial charge in [0.15, 0.2) is 0 Å². The van der Waals surface area contributed by atoms with Crippen LogP contribution in [-0.2, 0) is 0 Å². The van der Waals surface area contributed by atoms with Crippen molar-refractivity contribution < 1.29 is 9.90 Å². The van der Waals surface area contributed by atoms with E-state index in [-0.39, 0.29) is 12.5 Å². The van der Waals surface area contributed by atoms with Crippen LogP contribution in [0, 0.1) is 6.92 Å². The van der Waals surface area contributed by atoms with Gasteiger partial charge >= 0.3 is 0 Å². The number of amides is 1. The lowest BCUT2D eigenvalue weighted by atomic mass is 10.2. The van der Waals surface area contributed by atoms with E-state index in [0.29, 0.717) is 10.6 Å². The molecule has 0 saturated heterocycles. The standard InChI is InChI=1S/C12H20N2O2S/c1-9-10(13)8-11(17-9)12(16)14(2)6-4-3-5-7-15/h8,15H,3-7,13H2,1-2H3. The average molecular weight is 256 g/mol. The fraction of sp³-hybridized carbons (Fsp3) is 0.583. The smallest absolute Gasteiger partial charge is 0.263 e. The average Bonchev–Trinajstić information content (AvgIpc) is 2.64. The Morgan fingerprint density at radius 1 is 1.47 bits per heavy atom. The van der Waals surface area contributed by atoms with Crippen molar-refractivity contribution in [2.45, 2.75) is 26.2 Å². The molecule has 0 bridgehead atoms. The van der Waals surface area contributed by atoms with Crippen LogP contribution in [0.3, 0.4) is 0 Å². The summed E-state index contributed by atoms with van der Waals surface area (Å²) in [6.45, 7) is 2.85. The van der Waals surface area contributed by atoms with Crippen LogP contribution in [-0.4, -0.2) is 36.1 Å². The first-order chi connectivity index (χ1) is 8.06. The van der Waals surface area contributed by atoms with Crippen molar-refractivity contribution in [2.24, 2.45) is 0 Å². The van der Waals surface area contributed by atoms with Gasteiger partial charge in [-0.25, -0.2) is 0 Å². The number of carbonyl (C=O) groups is 1. The van der Waals surface area contributed by atoms with E-state index in [9.17, 15) is 4.79 Å². The zero-order chi connectivity index (χ0) is 12.8. The van der Waals surface area contributed by atoms with Crippen molar-refractivity contribution in [2.75, 3.05) is 25.9 Å². The van der Waals surface area contributed by atoms with Crippen molar-refractivity contribution in [1.29, 1.82) is 0 Å². The molecule has 5 heteroatoms. The van der Waals surface area contributed by atoms with Crippen LogP contribution in [0.15, 0.2) is 6.07 Å². The Kier molecular flexibility index (Phi) is 5.44. The molecular formula is C12H20N2O2S. The number of unbranched alkanes of at least 4 members (excludes halogenated alkanes) is 2. The van der Waals surface area contributed by atoms with Gasteiger partial charge < -0.3 is 15.7 Å². The third kappa shape index (κ3) is 4.02. The van der Waals surface area contributed by atoms with Crippen molar-refractivity contribution in [3.05, 3.63) is 15.8 Å². The van der Waals surface area contributed by atoms with E-state index in [1.807, 2.05) is 6.92 Å². The topological polar surface area (TPSA) is 66.6 Å². The van der Waals surface area contributed by atoms with Crippen molar-refractivity contribution in [3.63, 3.8) is 0 Å². The molecule has 1 aromatic rings. The van der Waals surface area contributed by atoms with Crippen LogP contribution in [0.2, 0.25) is 0 Å². The number of nitrogens with two attached hydrogens (primary N) is 1. The highest BCUT2D eigenvalue weighted by molar-refractivity contribution is 7.14. The molecule has 0 radical (unpaired) electrons. The summed E-state index contributed by atoms with van der Waals surface area (Å²) in [5.74, 6) is 0.0267. The summed E-state index contributed by atoms with van der Waals surface area (Å²) in [5.41, 5.74) is 6.42. The van der Waals surface area contributed by atoms with Crippen LogP contribution >= 0.6 is 11.3 Å². The molecule has 0 aliphatic rings. The van der Waals surface area contributed by atoms with Gasteiger partial charge in [-0.05, 0) is 32.3 Å². The molecule has 1 rings (SSSR count). The number of anilines is 1. The Bertz CT molecular complexity index is 357. The predicted molar refractivity (Wildman–Crippen MR) is 71.4 cm³/mol. The Balaban J connectivity index is 2.46. The fourth-order valence-electron chi connectivity index (χ4n) is 1.53. The van der Waals surface area contributed by atoms with Crippen LogP contribution < -0.4 is 5.73 Å². The van der Waals surface area contributed by atoms with Crippen LogP contribution in [0.4, 0.5) is 5.69 Å². The molecule has 0 unspecified atom stereocenters. The van der Waals surface area contributed by atoms with Gasteiger partial charge in [-0.2, -0.15) is 0 Å². The summed E-state index contributed by atoms with van der Waals surface area (Å²) >= 11 is 1.44. The maximum Gasteiger partial charge on any atom is 0.263 e. The molecule has 3 N–H and O–H groups in total. The Morgan fingerprint density at radius 2 is 2.18 bits per heavy atom. The Labute approximate surface area is 106 Å². The number of aliphatic hydroxyl groups is 1. The number of carbonyl (C=O) groups excluding carboxylic acids is 1. The van der Waals surface area contributed by atoms with Gasteiger partial charge in [0.2, 0.25) is 0 Å². The molecule has 0 atom stereocenters. The number of nitrogens with zero attached hydrogens (tertiary/aromatic N) is 1. The lowest BCUT2D eigenvalue weighted by Gasteiger charge is -2.15. The Morgan fingerprint density at radius 3 is 2.71 bits per heavy atom. The van der Waals surface area contributed by atoms with Crippen molar-refractivity contribution in [3.8, 4) is 0 Å². The second kappa shape index (κ2) is 6.61. The summed E-state index contributed by atoms with van der Waals surface area (Å²) in [4.78, 5) is 15.4. The van der Waals surface area contributed by atoms with Gasteiger partial charge in [-0.3, -0.25) is 4.79 Å². The fourth-order valence-corrected chi connectivity index (χ4v) is 2.46. The van der Waals surface area contributed by atoms with Gasteiger partial charge in [0.1, 0.15) is 0 Å². The van der Waals surface area contributed by atoms with E-state index in [4.69, 9.17) is 10.8 Å². The van der Waals surface area contributed by atoms with Gasteiger partial charge in [-0.1, -0.05) is 0 Å². The lowest BCUT2D eigenvalue weighted by Crippen LogP contribution is -2.27. The quantitative estimate of drug-likeness (QED) is 0.764. The normalized spacial score (nSPS) is 10.5. The van der Waals surface area contributed by atoms with E-state index in [0.717, 1.165) is 30.7 Å². The lowest BCUT2D eigenvalue weighted by molar-refractivity contribution is 0.0797. The van der Waals surface area contributed by atoms with Gasteiger partial charge in [0.05, 0.1) is 4.88 Å². The molecule has 96 valence electrons. The summed E-state index contributed by atoms with van der Waals surface area (Å²) in [7, 11) is 1.80. The summed E-state index contributed by atoms with van der Waals surface area (Å²) in [5, 5.41) is 8.66. The first kappa shape index (κ1) is 14.0. The van der Waals surface area contributed by atoms with Gasteiger partial charge in [0.25, 0.3) is 5.91 Å². The zero-order valence-corrected chi connectivity index (χ0v) is 11.2. The van der Waals surface area contributed by atoms with E-state index in [1.165, 1.54) is 11.3 Å². The molecule has 17 heavy (non-hydrogen) atoms. The number of hydrogen-bond donors (Lipinski definition) is 2. The second-order valence-corrected chi connectivity index (χ2v) is 5.39. The molecule has 0 spiro atoms. The van der Waals surface area contributed by atoms with Gasteiger partial charge in [-0.15, -0.1) is 11.3 Å². The Hall–Kier alpha value is -1.07. The third-order valence-electron chi connectivity index (χ3n) is 2.67. The van der Waals surface area contributed by atoms with Gasteiger partial charge in [0, 0.05) is 30.8 Å². The molecule has 0 saturated carbocycles. The number of hydrogen-bond acceptors (Lipinski definition) is 4. The number of aryl methyl sites for hydroxylation is 1. The summed E-state index contributed by atoms with van der Waals surface area (Å²) < 4.78 is 0. The third-order valence-corrected chi connectivity index (χ3v) is 3.72. The van der Waals surface area contributed by atoms with Crippen LogP contribution in [0.25, 0.3) is 0 Å². The first-order valence-electron chi connectivity index (χ1n) is 5.78. The monoisotopic (exact) mass is 256 g/mol. The summed E-state index contributed by atoms with van der Waals surface area (Å²) in [6, 6.07) is 1.74. The van der Waals surface area contributed by atoms with E-state index in [2.05, 4.69) is 0 Å². The molecular weight excluding hydrogens is 236 g/mol. The molecule has 0 aliphatic heterocycles. The minimum Gasteiger partial charge on any atom is -0.398 e. The van der Waals surface area contributed by atoms with E-state index >= 15 is 0 Å². The molecule has 4 nitrogen and oxygen atoms in total. The van der Waals surface area contributed by atoms with Crippen LogP contribution in [0.1, 0.15) is 33.8 Å². The van der Waals surface area contributed by atoms with E-state index < -0.39 is 0 Å². The molecule has 0 aliphatic carbocycles. The number of thiophene rings is 1. The zero-order valence-electron chi connectivity index (χ0n) is 10.4. The maximum atomic E-state index is 12.0. The van der Waals surface area contributed by atoms with Crippen molar-refractivity contribution >= 4 is 22.9 Å². The molecule has 1 heterocycles. The van der Waals surface area contributed by atoms with Crippen LogP contribution in [0.5, 0.6) is 0 Å². The molecule has 0 aromatic carbocycles. The minimum atomic E-state index is 0.0267. The number of rotatable bonds is 6. The largest absolute Gasteiger partial charge is 0.398 e. The highest BCUT2D eigenvalue weighted by Gasteiger charge is 2.14. The maximum absolute atomic E-state index is 12.0. The first-order valence-corrected chi connectivity index (χ1v) is 6.60. The summed E-state index contributed by atoms with van der Waals surface area (Å²) in [6.07, 6.45) is 2.66. The number of nitrogen functional groups attached to an aromatic ring is 1. The second-order valence-electron chi connectivity index (χ2n) is 4.13. The minimum absolute atomic E-state index is 0.0267. The van der Waals surface area contributed by atoms with Crippen molar-refractivity contribution in [1.82, 2.24) is 4.90 Å².